The van der Waals surface area contributed by atoms with E-state index in [-0.39, 0.29) is 38.0 Å². The van der Waals surface area contributed by atoms with Crippen LogP contribution in [0.25, 0.3) is 0 Å². The summed E-state index contributed by atoms with van der Waals surface area (Å²) in [6.45, 7) is 6.07. The summed E-state index contributed by atoms with van der Waals surface area (Å²) in [6.07, 6.45) is 64.1. The number of unbranched alkanes of at least 4 members (excludes halogenated alkanes) is 8. The Morgan fingerprint density at radius 2 is 0.724 bits per heavy atom. The first-order chi connectivity index (χ1) is 28.5. The van der Waals surface area contributed by atoms with E-state index in [9.17, 15) is 14.4 Å². The minimum Gasteiger partial charge on any atom is -0.462 e. The number of carbonyl (C=O) groups is 3. The van der Waals surface area contributed by atoms with Crippen LogP contribution in [0.3, 0.4) is 0 Å². The number of allylic oxidation sites excluding steroid dienone is 24. The van der Waals surface area contributed by atoms with E-state index in [0.29, 0.717) is 25.7 Å². The maximum atomic E-state index is 12.7. The van der Waals surface area contributed by atoms with Gasteiger partial charge in [0.05, 0.1) is 0 Å². The maximum Gasteiger partial charge on any atom is 0.306 e. The summed E-state index contributed by atoms with van der Waals surface area (Å²) in [7, 11) is 0. The molecule has 0 bridgehead atoms. The highest BCUT2D eigenvalue weighted by molar-refractivity contribution is 5.71. The van der Waals surface area contributed by atoms with Crippen molar-refractivity contribution < 1.29 is 28.6 Å². The van der Waals surface area contributed by atoms with Gasteiger partial charge in [-0.1, -0.05) is 186 Å². The van der Waals surface area contributed by atoms with Crippen LogP contribution in [0.2, 0.25) is 0 Å². The minimum absolute atomic E-state index is 0.139. The molecule has 0 aromatic carbocycles. The predicted molar refractivity (Wildman–Crippen MR) is 246 cm³/mol. The van der Waals surface area contributed by atoms with Gasteiger partial charge in [0.2, 0.25) is 0 Å². The Hall–Kier alpha value is -4.71. The lowest BCUT2D eigenvalue weighted by molar-refractivity contribution is -0.167. The maximum absolute atomic E-state index is 12.7. The van der Waals surface area contributed by atoms with Gasteiger partial charge in [-0.25, -0.2) is 0 Å². The molecule has 0 fully saturated rings. The van der Waals surface area contributed by atoms with Crippen LogP contribution in [-0.2, 0) is 28.6 Å². The molecule has 0 aliphatic carbocycles. The zero-order chi connectivity index (χ0) is 42.3. The first-order valence-corrected chi connectivity index (χ1v) is 22.0. The van der Waals surface area contributed by atoms with E-state index >= 15 is 0 Å². The van der Waals surface area contributed by atoms with Crippen molar-refractivity contribution in [2.45, 2.75) is 149 Å². The second-order valence-electron chi connectivity index (χ2n) is 13.7. The standard InChI is InChI=1S/C52H76O6/c1-4-7-10-13-16-19-22-25-28-30-33-36-39-42-45-51(54)57-48-49(58-52(55)46-43-40-37-34-31-27-24-21-18-15-12-9-6-3)47-56-50(53)44-41-38-35-32-29-26-23-20-17-14-11-8-5-2/h7-12,14-21,23-29,31,34,37,49H,4-6,13,22,30,32-33,35-36,38-48H2,1-3H3/b10-7+,11-8+,12-9+,17-14+,18-15+,19-16+,23-20+,24-21+,28-25+,29-26+,31-27+,37-34+. The first kappa shape index (κ1) is 53.3. The molecule has 0 heterocycles. The van der Waals surface area contributed by atoms with E-state index in [1.54, 1.807) is 0 Å². The molecule has 58 heavy (non-hydrogen) atoms. The van der Waals surface area contributed by atoms with Crippen molar-refractivity contribution in [2.75, 3.05) is 13.2 Å². The number of carbonyl (C=O) groups excluding carboxylic acids is 3. The summed E-state index contributed by atoms with van der Waals surface area (Å²) in [5.41, 5.74) is 0. The average molecular weight is 797 g/mol. The molecule has 0 aromatic rings. The van der Waals surface area contributed by atoms with Gasteiger partial charge in [0.1, 0.15) is 13.2 Å². The molecule has 0 amide bonds. The van der Waals surface area contributed by atoms with Gasteiger partial charge < -0.3 is 14.2 Å². The highest BCUT2D eigenvalue weighted by Gasteiger charge is 2.19. The molecule has 320 valence electrons. The largest absolute Gasteiger partial charge is 0.462 e. The Kier molecular flexibility index (Phi) is 41.3. The van der Waals surface area contributed by atoms with Crippen molar-refractivity contribution in [3.05, 3.63) is 146 Å². The van der Waals surface area contributed by atoms with E-state index < -0.39 is 12.1 Å². The molecule has 6 heteroatoms. The van der Waals surface area contributed by atoms with Crippen molar-refractivity contribution in [3.8, 4) is 0 Å². The molecule has 0 rings (SSSR count). The Morgan fingerprint density at radius 1 is 0.362 bits per heavy atom. The van der Waals surface area contributed by atoms with Crippen molar-refractivity contribution >= 4 is 17.9 Å². The smallest absolute Gasteiger partial charge is 0.306 e. The fourth-order valence-electron chi connectivity index (χ4n) is 5.08. The Balaban J connectivity index is 4.65. The molecule has 6 nitrogen and oxygen atoms in total. The zero-order valence-electron chi connectivity index (χ0n) is 36.2. The van der Waals surface area contributed by atoms with Crippen LogP contribution in [0.15, 0.2) is 146 Å². The molecule has 0 radical (unpaired) electrons. The monoisotopic (exact) mass is 797 g/mol. The van der Waals surface area contributed by atoms with Crippen molar-refractivity contribution in [3.63, 3.8) is 0 Å². The highest BCUT2D eigenvalue weighted by Crippen LogP contribution is 2.10. The van der Waals surface area contributed by atoms with E-state index in [2.05, 4.69) is 75.5 Å². The van der Waals surface area contributed by atoms with Crippen LogP contribution in [0.5, 0.6) is 0 Å². The number of hydrogen-bond donors (Lipinski definition) is 0. The molecule has 0 spiro atoms. The normalized spacial score (nSPS) is 13.5. The Bertz CT molecular complexity index is 1380. The van der Waals surface area contributed by atoms with E-state index in [1.807, 2.05) is 91.1 Å². The average Bonchev–Trinajstić information content (AvgIpc) is 3.22. The Morgan fingerprint density at radius 3 is 1.22 bits per heavy atom. The van der Waals surface area contributed by atoms with Gasteiger partial charge in [0.25, 0.3) is 0 Å². The van der Waals surface area contributed by atoms with Gasteiger partial charge in [0, 0.05) is 19.3 Å². The minimum atomic E-state index is -0.845. The molecule has 0 aliphatic heterocycles. The number of ether oxygens (including phenoxy) is 3. The lowest BCUT2D eigenvalue weighted by Crippen LogP contribution is -2.30. The quantitative estimate of drug-likeness (QED) is 0.0207. The van der Waals surface area contributed by atoms with Crippen LogP contribution in [0, 0.1) is 0 Å². The summed E-state index contributed by atoms with van der Waals surface area (Å²) < 4.78 is 16.6. The molecule has 0 saturated carbocycles. The fraction of sp³-hybridized carbons (Fsp3) is 0.481. The molecule has 0 N–H and O–H groups in total. The van der Waals surface area contributed by atoms with Crippen LogP contribution in [0.4, 0.5) is 0 Å². The van der Waals surface area contributed by atoms with Crippen LogP contribution >= 0.6 is 0 Å². The van der Waals surface area contributed by atoms with Crippen molar-refractivity contribution in [1.29, 1.82) is 0 Å². The fourth-order valence-corrected chi connectivity index (χ4v) is 5.08. The topological polar surface area (TPSA) is 78.9 Å². The second-order valence-corrected chi connectivity index (χ2v) is 13.7. The summed E-state index contributed by atoms with van der Waals surface area (Å²) >= 11 is 0. The van der Waals surface area contributed by atoms with Gasteiger partial charge in [-0.3, -0.25) is 14.4 Å². The summed E-state index contributed by atoms with van der Waals surface area (Å²) in [5.74, 6) is -1.09. The third kappa shape index (κ3) is 42.4. The molecule has 0 aromatic heterocycles. The van der Waals surface area contributed by atoms with Crippen molar-refractivity contribution in [2.24, 2.45) is 0 Å². The third-order valence-corrected chi connectivity index (χ3v) is 8.29. The highest BCUT2D eigenvalue weighted by atomic mass is 16.6. The second kappa shape index (κ2) is 45.0. The summed E-state index contributed by atoms with van der Waals surface area (Å²) in [5, 5.41) is 0. The molecule has 0 saturated heterocycles. The van der Waals surface area contributed by atoms with Crippen LogP contribution in [0.1, 0.15) is 143 Å². The summed E-state index contributed by atoms with van der Waals surface area (Å²) in [4.78, 5) is 37.7. The lowest BCUT2D eigenvalue weighted by Gasteiger charge is -2.18. The predicted octanol–water partition coefficient (Wildman–Crippen LogP) is 14.1. The SMILES string of the molecule is CC/C=C/C=C/C=C/C=C/C=C/CCCC(=O)OC(COC(=O)CCCCC/C=C/C=C/C=C/C=C/CC)COC(=O)CCCCCC/C=C/C/C=C/C/C=C/CC. The van der Waals surface area contributed by atoms with Gasteiger partial charge in [0.15, 0.2) is 6.10 Å². The van der Waals surface area contributed by atoms with Gasteiger partial charge >= 0.3 is 17.9 Å². The summed E-state index contributed by atoms with van der Waals surface area (Å²) in [6, 6.07) is 0. The van der Waals surface area contributed by atoms with Gasteiger partial charge in [-0.15, -0.1) is 0 Å². The lowest BCUT2D eigenvalue weighted by atomic mass is 10.1. The van der Waals surface area contributed by atoms with Crippen molar-refractivity contribution in [1.82, 2.24) is 0 Å². The molecule has 1 atom stereocenters. The molecular weight excluding hydrogens is 721 g/mol. The number of rotatable bonds is 36. The van der Waals surface area contributed by atoms with E-state index in [1.165, 1.54) is 0 Å². The van der Waals surface area contributed by atoms with E-state index in [0.717, 1.165) is 83.5 Å². The van der Waals surface area contributed by atoms with E-state index in [4.69, 9.17) is 14.2 Å². The van der Waals surface area contributed by atoms with Gasteiger partial charge in [-0.05, 0) is 83.5 Å². The number of esters is 3. The zero-order valence-corrected chi connectivity index (χ0v) is 36.2. The van der Waals surface area contributed by atoms with Gasteiger partial charge in [-0.2, -0.15) is 0 Å². The molecule has 0 aliphatic rings. The first-order valence-electron chi connectivity index (χ1n) is 22.0. The van der Waals surface area contributed by atoms with Crippen LogP contribution < -0.4 is 0 Å². The molecular formula is C52H76O6. The third-order valence-electron chi connectivity index (χ3n) is 8.29. The number of hydrogen-bond acceptors (Lipinski definition) is 6. The molecule has 1 unspecified atom stereocenters. The van der Waals surface area contributed by atoms with Crippen LogP contribution in [-0.4, -0.2) is 37.2 Å². The Labute approximate surface area is 353 Å².